The van der Waals surface area contributed by atoms with Gasteiger partial charge in [0.25, 0.3) is 0 Å². The van der Waals surface area contributed by atoms with Crippen LogP contribution in [-0.4, -0.2) is 12.6 Å². The first kappa shape index (κ1) is 15.7. The zero-order valence-electron chi connectivity index (χ0n) is 12.6. The Labute approximate surface area is 131 Å². The third-order valence-corrected chi connectivity index (χ3v) is 3.10. The molecule has 0 fully saturated rings. The summed E-state index contributed by atoms with van der Waals surface area (Å²) in [7, 11) is 0. The van der Waals surface area contributed by atoms with Gasteiger partial charge in [0.15, 0.2) is 0 Å². The lowest BCUT2D eigenvalue weighted by Crippen LogP contribution is -2.24. The van der Waals surface area contributed by atoms with Crippen LogP contribution in [0.5, 0.6) is 0 Å². The van der Waals surface area contributed by atoms with E-state index in [2.05, 4.69) is 17.2 Å². The van der Waals surface area contributed by atoms with Crippen LogP contribution in [0.3, 0.4) is 0 Å². The summed E-state index contributed by atoms with van der Waals surface area (Å²) in [6, 6.07) is 17.6. The first-order valence-electron chi connectivity index (χ1n) is 7.25. The monoisotopic (exact) mass is 293 g/mol. The van der Waals surface area contributed by atoms with Crippen LogP contribution in [-0.2, 0) is 11.3 Å². The first-order valence-corrected chi connectivity index (χ1v) is 7.25. The van der Waals surface area contributed by atoms with Crippen LogP contribution in [0.4, 0.5) is 4.79 Å². The maximum absolute atomic E-state index is 11.5. The summed E-state index contributed by atoms with van der Waals surface area (Å²) in [5, 5.41) is 2.69. The van der Waals surface area contributed by atoms with E-state index >= 15 is 0 Å². The second kappa shape index (κ2) is 8.53. The van der Waals surface area contributed by atoms with E-state index in [-0.39, 0.29) is 6.61 Å². The topological polar surface area (TPSA) is 38.3 Å². The van der Waals surface area contributed by atoms with Crippen LogP contribution in [0.25, 0.3) is 0 Å². The highest BCUT2D eigenvalue weighted by atomic mass is 16.5. The van der Waals surface area contributed by atoms with Crippen molar-refractivity contribution in [2.24, 2.45) is 0 Å². The number of ether oxygens (including phenoxy) is 1. The van der Waals surface area contributed by atoms with Crippen LogP contribution in [0.2, 0.25) is 0 Å². The van der Waals surface area contributed by atoms with Crippen molar-refractivity contribution in [3.8, 4) is 11.8 Å². The molecule has 3 heteroatoms. The number of carbonyl (C=O) groups excluding carboxylic acids is 1. The molecular weight excluding hydrogens is 274 g/mol. The second-order valence-electron chi connectivity index (χ2n) is 4.86. The molecule has 0 radical (unpaired) electrons. The predicted molar refractivity (Wildman–Crippen MR) is 87.3 cm³/mol. The minimum atomic E-state index is -0.415. The van der Waals surface area contributed by atoms with Crippen LogP contribution >= 0.6 is 0 Å². The van der Waals surface area contributed by atoms with Gasteiger partial charge in [0.1, 0.15) is 6.61 Å². The van der Waals surface area contributed by atoms with Gasteiger partial charge in [0, 0.05) is 18.5 Å². The standard InChI is InChI=1S/C19H19NO2/c1-16-9-5-6-12-18(16)13-7-8-14-20-19(21)22-15-17-10-3-2-4-11-17/h2-6,9-12H,8,14-15H2,1H3,(H,20,21). The smallest absolute Gasteiger partial charge is 0.407 e. The van der Waals surface area contributed by atoms with Crippen molar-refractivity contribution in [3.05, 3.63) is 71.3 Å². The number of amides is 1. The molecule has 0 aliphatic carbocycles. The molecule has 0 aliphatic rings. The molecule has 2 rings (SSSR count). The molecule has 0 heterocycles. The maximum atomic E-state index is 11.5. The largest absolute Gasteiger partial charge is 0.445 e. The van der Waals surface area contributed by atoms with Crippen molar-refractivity contribution < 1.29 is 9.53 Å². The van der Waals surface area contributed by atoms with Crippen molar-refractivity contribution in [1.82, 2.24) is 5.32 Å². The maximum Gasteiger partial charge on any atom is 0.407 e. The van der Waals surface area contributed by atoms with Crippen molar-refractivity contribution in [1.29, 1.82) is 0 Å². The summed E-state index contributed by atoms with van der Waals surface area (Å²) in [5.74, 6) is 6.15. The average molecular weight is 293 g/mol. The molecule has 0 saturated carbocycles. The fourth-order valence-electron chi connectivity index (χ4n) is 1.87. The van der Waals surface area contributed by atoms with Gasteiger partial charge in [-0.05, 0) is 24.1 Å². The second-order valence-corrected chi connectivity index (χ2v) is 4.86. The lowest BCUT2D eigenvalue weighted by atomic mass is 10.1. The minimum Gasteiger partial charge on any atom is -0.445 e. The predicted octanol–water partition coefficient (Wildman–Crippen LogP) is 3.66. The Kier molecular flexibility index (Phi) is 6.07. The molecule has 1 amide bonds. The van der Waals surface area contributed by atoms with E-state index in [1.165, 1.54) is 0 Å². The molecule has 22 heavy (non-hydrogen) atoms. The highest BCUT2D eigenvalue weighted by molar-refractivity contribution is 5.67. The molecule has 0 unspecified atom stereocenters. The molecule has 0 bridgehead atoms. The minimum absolute atomic E-state index is 0.279. The molecule has 112 valence electrons. The number of aryl methyl sites for hydroxylation is 1. The number of rotatable bonds is 4. The van der Waals surface area contributed by atoms with Gasteiger partial charge in [0.05, 0.1) is 0 Å². The summed E-state index contributed by atoms with van der Waals surface area (Å²) in [6.07, 6.45) is 0.177. The number of hydrogen-bond acceptors (Lipinski definition) is 2. The van der Waals surface area contributed by atoms with E-state index in [1.54, 1.807) is 0 Å². The Balaban J connectivity index is 1.67. The fourth-order valence-corrected chi connectivity index (χ4v) is 1.87. The Morgan fingerprint density at radius 2 is 1.82 bits per heavy atom. The molecular formula is C19H19NO2. The van der Waals surface area contributed by atoms with Gasteiger partial charge in [-0.1, -0.05) is 60.4 Å². The van der Waals surface area contributed by atoms with E-state index in [0.29, 0.717) is 13.0 Å². The van der Waals surface area contributed by atoms with Gasteiger partial charge in [-0.25, -0.2) is 4.79 Å². The van der Waals surface area contributed by atoms with Gasteiger partial charge < -0.3 is 10.1 Å². The van der Waals surface area contributed by atoms with Gasteiger partial charge in [-0.15, -0.1) is 0 Å². The fraction of sp³-hybridized carbons (Fsp3) is 0.211. The Bertz CT molecular complexity index is 669. The number of nitrogens with one attached hydrogen (secondary N) is 1. The molecule has 3 nitrogen and oxygen atoms in total. The number of benzene rings is 2. The highest BCUT2D eigenvalue weighted by Gasteiger charge is 2.00. The third kappa shape index (κ3) is 5.34. The number of hydrogen-bond donors (Lipinski definition) is 1. The zero-order valence-corrected chi connectivity index (χ0v) is 12.6. The van der Waals surface area contributed by atoms with Crippen molar-refractivity contribution in [2.45, 2.75) is 20.0 Å². The van der Waals surface area contributed by atoms with Gasteiger partial charge in [-0.3, -0.25) is 0 Å². The van der Waals surface area contributed by atoms with Crippen molar-refractivity contribution in [3.63, 3.8) is 0 Å². The van der Waals surface area contributed by atoms with E-state index in [1.807, 2.05) is 61.5 Å². The third-order valence-electron chi connectivity index (χ3n) is 3.10. The van der Waals surface area contributed by atoms with Crippen LogP contribution in [0, 0.1) is 18.8 Å². The quantitative estimate of drug-likeness (QED) is 0.690. The lowest BCUT2D eigenvalue weighted by molar-refractivity contribution is 0.140. The molecule has 0 aromatic heterocycles. The zero-order chi connectivity index (χ0) is 15.6. The number of carbonyl (C=O) groups is 1. The molecule has 0 spiro atoms. The average Bonchev–Trinajstić information content (AvgIpc) is 2.55. The summed E-state index contributed by atoms with van der Waals surface area (Å²) < 4.78 is 5.11. The lowest BCUT2D eigenvalue weighted by Gasteiger charge is -2.05. The van der Waals surface area contributed by atoms with Crippen LogP contribution in [0.1, 0.15) is 23.1 Å². The van der Waals surface area contributed by atoms with Gasteiger partial charge in [-0.2, -0.15) is 0 Å². The van der Waals surface area contributed by atoms with Crippen molar-refractivity contribution in [2.75, 3.05) is 6.54 Å². The van der Waals surface area contributed by atoms with E-state index in [4.69, 9.17) is 4.74 Å². The molecule has 2 aromatic carbocycles. The summed E-state index contributed by atoms with van der Waals surface area (Å²) in [4.78, 5) is 11.5. The highest BCUT2D eigenvalue weighted by Crippen LogP contribution is 2.04. The Morgan fingerprint density at radius 1 is 1.09 bits per heavy atom. The Morgan fingerprint density at radius 3 is 2.59 bits per heavy atom. The molecule has 0 atom stereocenters. The SMILES string of the molecule is Cc1ccccc1C#CCCNC(=O)OCc1ccccc1. The summed E-state index contributed by atoms with van der Waals surface area (Å²) >= 11 is 0. The molecule has 2 aromatic rings. The van der Waals surface area contributed by atoms with E-state index in [9.17, 15) is 4.79 Å². The molecule has 1 N–H and O–H groups in total. The normalized spacial score (nSPS) is 9.50. The number of alkyl carbamates (subject to hydrolysis) is 1. The Hall–Kier alpha value is -2.73. The molecule has 0 aliphatic heterocycles. The van der Waals surface area contributed by atoms with Crippen LogP contribution in [0.15, 0.2) is 54.6 Å². The van der Waals surface area contributed by atoms with E-state index in [0.717, 1.165) is 16.7 Å². The van der Waals surface area contributed by atoms with E-state index < -0.39 is 6.09 Å². The van der Waals surface area contributed by atoms with Crippen LogP contribution < -0.4 is 5.32 Å². The summed E-state index contributed by atoms with van der Waals surface area (Å²) in [6.45, 7) is 2.79. The first-order chi connectivity index (χ1) is 10.8. The molecule has 0 saturated heterocycles. The summed E-state index contributed by atoms with van der Waals surface area (Å²) in [5.41, 5.74) is 3.15. The van der Waals surface area contributed by atoms with Crippen molar-refractivity contribution >= 4 is 6.09 Å². The van der Waals surface area contributed by atoms with Gasteiger partial charge >= 0.3 is 6.09 Å². The van der Waals surface area contributed by atoms with Gasteiger partial charge in [0.2, 0.25) is 0 Å².